The zero-order chi connectivity index (χ0) is 13.0. The van der Waals surface area contributed by atoms with Crippen LogP contribution in [0.25, 0.3) is 0 Å². The van der Waals surface area contributed by atoms with Gasteiger partial charge in [-0.15, -0.1) is 0 Å². The first kappa shape index (κ1) is 13.4. The molecule has 1 heterocycles. The van der Waals surface area contributed by atoms with Crippen LogP contribution in [0.2, 0.25) is 0 Å². The lowest BCUT2D eigenvalue weighted by Gasteiger charge is -2.29. The summed E-state index contributed by atoms with van der Waals surface area (Å²) in [6, 6.07) is 3.66. The van der Waals surface area contributed by atoms with Crippen molar-refractivity contribution in [2.75, 3.05) is 26.7 Å². The zero-order valence-electron chi connectivity index (χ0n) is 10.8. The topological polar surface area (TPSA) is 15.3 Å². The number of halogens is 2. The van der Waals surface area contributed by atoms with Crippen LogP contribution in [0.1, 0.15) is 18.4 Å². The van der Waals surface area contributed by atoms with E-state index in [1.807, 2.05) is 0 Å². The third-order valence-electron chi connectivity index (χ3n) is 3.41. The van der Waals surface area contributed by atoms with Crippen molar-refractivity contribution in [1.29, 1.82) is 0 Å². The lowest BCUT2D eigenvalue weighted by atomic mass is 9.98. The van der Waals surface area contributed by atoms with Gasteiger partial charge >= 0.3 is 0 Å². The summed E-state index contributed by atoms with van der Waals surface area (Å²) < 4.78 is 26.0. The van der Waals surface area contributed by atoms with Crippen molar-refractivity contribution >= 4 is 0 Å². The van der Waals surface area contributed by atoms with Gasteiger partial charge in [0.1, 0.15) is 11.6 Å². The van der Waals surface area contributed by atoms with Crippen molar-refractivity contribution in [1.82, 2.24) is 10.2 Å². The predicted molar refractivity (Wildman–Crippen MR) is 68.3 cm³/mol. The monoisotopic (exact) mass is 254 g/mol. The van der Waals surface area contributed by atoms with Crippen LogP contribution in [0.5, 0.6) is 0 Å². The molecule has 0 amide bonds. The smallest absolute Gasteiger partial charge is 0.126 e. The molecule has 1 atom stereocenters. The first-order valence-electron chi connectivity index (χ1n) is 6.48. The van der Waals surface area contributed by atoms with Crippen LogP contribution < -0.4 is 5.32 Å². The van der Waals surface area contributed by atoms with Gasteiger partial charge in [-0.25, -0.2) is 8.78 Å². The first-order chi connectivity index (χ1) is 8.63. The van der Waals surface area contributed by atoms with E-state index in [1.54, 1.807) is 0 Å². The molecule has 1 saturated heterocycles. The number of nitrogens with zero attached hydrogens (tertiary/aromatic N) is 1. The fourth-order valence-electron chi connectivity index (χ4n) is 2.57. The van der Waals surface area contributed by atoms with Crippen LogP contribution in [0.4, 0.5) is 8.78 Å². The number of piperidine rings is 1. The van der Waals surface area contributed by atoms with E-state index in [-0.39, 0.29) is 0 Å². The molecular weight excluding hydrogens is 234 g/mol. The molecule has 2 nitrogen and oxygen atoms in total. The molecule has 0 radical (unpaired) electrons. The quantitative estimate of drug-likeness (QED) is 0.887. The molecule has 1 aliphatic heterocycles. The lowest BCUT2D eigenvalue weighted by Crippen LogP contribution is -2.37. The van der Waals surface area contributed by atoms with Gasteiger partial charge in [-0.3, -0.25) is 0 Å². The van der Waals surface area contributed by atoms with Crippen LogP contribution in [0.3, 0.4) is 0 Å². The van der Waals surface area contributed by atoms with Gasteiger partial charge < -0.3 is 10.2 Å². The third kappa shape index (κ3) is 4.03. The van der Waals surface area contributed by atoms with Gasteiger partial charge in [0.15, 0.2) is 0 Å². The lowest BCUT2D eigenvalue weighted by molar-refractivity contribution is 0.206. The first-order valence-corrected chi connectivity index (χ1v) is 6.48. The molecule has 1 unspecified atom stereocenters. The average Bonchev–Trinajstić information content (AvgIpc) is 2.27. The molecule has 1 fully saturated rings. The Labute approximate surface area is 107 Å². The van der Waals surface area contributed by atoms with E-state index in [4.69, 9.17) is 0 Å². The molecule has 2 rings (SSSR count). The van der Waals surface area contributed by atoms with Gasteiger partial charge in [0, 0.05) is 19.2 Å². The summed E-state index contributed by atoms with van der Waals surface area (Å²) in [6.07, 6.45) is 2.46. The maximum atomic E-state index is 13.0. The Morgan fingerprint density at radius 3 is 2.67 bits per heavy atom. The van der Waals surface area contributed by atoms with Gasteiger partial charge in [0.05, 0.1) is 0 Å². The fourth-order valence-corrected chi connectivity index (χ4v) is 2.57. The molecule has 1 aliphatic rings. The van der Waals surface area contributed by atoms with E-state index in [0.29, 0.717) is 18.0 Å². The number of hydrogen-bond acceptors (Lipinski definition) is 2. The highest BCUT2D eigenvalue weighted by molar-refractivity contribution is 5.17. The van der Waals surface area contributed by atoms with E-state index < -0.39 is 11.6 Å². The van der Waals surface area contributed by atoms with E-state index in [9.17, 15) is 8.78 Å². The van der Waals surface area contributed by atoms with Gasteiger partial charge in [0.2, 0.25) is 0 Å². The van der Waals surface area contributed by atoms with E-state index in [2.05, 4.69) is 17.3 Å². The minimum Gasteiger partial charge on any atom is -0.312 e. The molecule has 4 heteroatoms. The Morgan fingerprint density at radius 2 is 2.00 bits per heavy atom. The third-order valence-corrected chi connectivity index (χ3v) is 3.41. The Morgan fingerprint density at radius 1 is 1.28 bits per heavy atom. The number of rotatable bonds is 4. The minimum absolute atomic E-state index is 0.510. The number of hydrogen-bond donors (Lipinski definition) is 1. The Bertz CT molecular complexity index is 375. The molecule has 0 bridgehead atoms. The number of benzene rings is 1. The van der Waals surface area contributed by atoms with E-state index in [0.717, 1.165) is 19.2 Å². The Balaban J connectivity index is 1.77. The van der Waals surface area contributed by atoms with Crippen molar-refractivity contribution < 1.29 is 8.78 Å². The zero-order valence-corrected chi connectivity index (χ0v) is 10.8. The summed E-state index contributed by atoms with van der Waals surface area (Å²) in [5.41, 5.74) is 0.664. The summed E-state index contributed by atoms with van der Waals surface area (Å²) in [6.45, 7) is 3.70. The van der Waals surface area contributed by atoms with Gasteiger partial charge in [-0.1, -0.05) is 0 Å². The molecule has 0 spiro atoms. The highest BCUT2D eigenvalue weighted by Crippen LogP contribution is 2.14. The van der Waals surface area contributed by atoms with Crippen molar-refractivity contribution in [3.63, 3.8) is 0 Å². The van der Waals surface area contributed by atoms with E-state index >= 15 is 0 Å². The van der Waals surface area contributed by atoms with Crippen LogP contribution in [-0.2, 0) is 6.54 Å². The predicted octanol–water partition coefficient (Wildman–Crippen LogP) is 2.40. The summed E-state index contributed by atoms with van der Waals surface area (Å²) in [5.74, 6) is -0.379. The summed E-state index contributed by atoms with van der Waals surface area (Å²) in [5, 5.41) is 3.29. The van der Waals surface area contributed by atoms with Crippen LogP contribution in [0, 0.1) is 17.6 Å². The van der Waals surface area contributed by atoms with Crippen LogP contribution in [0.15, 0.2) is 18.2 Å². The maximum absolute atomic E-state index is 13.0. The molecule has 18 heavy (non-hydrogen) atoms. The standard InChI is InChI=1S/C14H20F2N2/c1-18-4-2-3-11(10-18)8-17-9-12-5-13(15)7-14(16)6-12/h5-7,11,17H,2-4,8-10H2,1H3. The number of likely N-dealkylation sites (tertiary alicyclic amines) is 1. The minimum atomic E-state index is -0.510. The van der Waals surface area contributed by atoms with Gasteiger partial charge in [0.25, 0.3) is 0 Å². The molecule has 100 valence electrons. The normalized spacial score (nSPS) is 21.2. The van der Waals surface area contributed by atoms with Crippen molar-refractivity contribution in [3.05, 3.63) is 35.4 Å². The largest absolute Gasteiger partial charge is 0.312 e. The molecule has 1 aromatic carbocycles. The molecule has 0 aromatic heterocycles. The van der Waals surface area contributed by atoms with Crippen LogP contribution >= 0.6 is 0 Å². The van der Waals surface area contributed by atoms with Gasteiger partial charge in [-0.2, -0.15) is 0 Å². The molecule has 0 saturated carbocycles. The molecular formula is C14H20F2N2. The SMILES string of the molecule is CN1CCCC(CNCc2cc(F)cc(F)c2)C1. The average molecular weight is 254 g/mol. The Kier molecular flexibility index (Phi) is 4.66. The molecule has 0 aliphatic carbocycles. The molecule has 1 N–H and O–H groups in total. The second kappa shape index (κ2) is 6.25. The Hall–Kier alpha value is -1.00. The summed E-state index contributed by atoms with van der Waals surface area (Å²) in [7, 11) is 2.13. The fraction of sp³-hybridized carbons (Fsp3) is 0.571. The number of nitrogens with one attached hydrogen (secondary N) is 1. The second-order valence-corrected chi connectivity index (χ2v) is 5.18. The van der Waals surface area contributed by atoms with E-state index in [1.165, 1.54) is 31.5 Å². The highest BCUT2D eigenvalue weighted by atomic mass is 19.1. The van der Waals surface area contributed by atoms with Gasteiger partial charge in [-0.05, 0) is 56.6 Å². The summed E-state index contributed by atoms with van der Waals surface area (Å²) >= 11 is 0. The highest BCUT2D eigenvalue weighted by Gasteiger charge is 2.16. The maximum Gasteiger partial charge on any atom is 0.126 e. The van der Waals surface area contributed by atoms with Crippen LogP contribution in [-0.4, -0.2) is 31.6 Å². The second-order valence-electron chi connectivity index (χ2n) is 5.18. The molecule has 1 aromatic rings. The van der Waals surface area contributed by atoms with Crippen molar-refractivity contribution in [2.24, 2.45) is 5.92 Å². The van der Waals surface area contributed by atoms with Crippen molar-refractivity contribution in [3.8, 4) is 0 Å². The van der Waals surface area contributed by atoms with Crippen molar-refractivity contribution in [2.45, 2.75) is 19.4 Å². The summed E-state index contributed by atoms with van der Waals surface area (Å²) in [4.78, 5) is 2.33.